The summed E-state index contributed by atoms with van der Waals surface area (Å²) in [5.41, 5.74) is 2.98. The van der Waals surface area contributed by atoms with E-state index in [1.807, 2.05) is 42.7 Å². The van der Waals surface area contributed by atoms with Gasteiger partial charge in [-0.25, -0.2) is 4.99 Å². The average molecular weight is 304 g/mol. The van der Waals surface area contributed by atoms with Crippen molar-refractivity contribution in [2.75, 3.05) is 6.61 Å². The van der Waals surface area contributed by atoms with Crippen LogP contribution in [0.1, 0.15) is 34.3 Å². The molecule has 0 aliphatic rings. The molecule has 112 valence electrons. The molecule has 0 radical (unpaired) electrons. The van der Waals surface area contributed by atoms with E-state index in [0.29, 0.717) is 13.0 Å². The molecule has 1 aromatic carbocycles. The van der Waals surface area contributed by atoms with Crippen LogP contribution in [0, 0.1) is 13.8 Å². The molecular formula is C16H20N2O2S. The van der Waals surface area contributed by atoms with Crippen molar-refractivity contribution in [2.45, 2.75) is 33.7 Å². The summed E-state index contributed by atoms with van der Waals surface area (Å²) in [7, 11) is 0. The molecule has 0 unspecified atom stereocenters. The fraction of sp³-hybridized carbons (Fsp3) is 0.375. The van der Waals surface area contributed by atoms with Gasteiger partial charge in [-0.15, -0.1) is 0 Å². The summed E-state index contributed by atoms with van der Waals surface area (Å²) in [5, 5.41) is 9.04. The lowest BCUT2D eigenvalue weighted by Gasteiger charge is -2.05. The van der Waals surface area contributed by atoms with Crippen LogP contribution in [-0.2, 0) is 6.54 Å². The molecule has 2 rings (SSSR count). The lowest BCUT2D eigenvalue weighted by Crippen LogP contribution is -2.17. The maximum absolute atomic E-state index is 11.7. The second kappa shape index (κ2) is 6.83. The third-order valence-electron chi connectivity index (χ3n) is 3.28. The number of rotatable bonds is 5. The number of hydrogen-bond acceptors (Lipinski definition) is 4. The maximum Gasteiger partial charge on any atom is 0.190 e. The zero-order valence-electron chi connectivity index (χ0n) is 12.6. The van der Waals surface area contributed by atoms with Crippen LogP contribution < -0.4 is 4.80 Å². The quantitative estimate of drug-likeness (QED) is 0.863. The molecule has 0 saturated carbocycles. The largest absolute Gasteiger partial charge is 0.396 e. The molecule has 21 heavy (non-hydrogen) atoms. The van der Waals surface area contributed by atoms with Crippen LogP contribution in [0.4, 0.5) is 5.69 Å². The maximum atomic E-state index is 11.7. The first-order chi connectivity index (χ1) is 10.0. The summed E-state index contributed by atoms with van der Waals surface area (Å²) in [6, 6.07) is 7.97. The predicted molar refractivity (Wildman–Crippen MR) is 85.2 cm³/mol. The smallest absolute Gasteiger partial charge is 0.190 e. The Kier molecular flexibility index (Phi) is 5.09. The number of ketones is 1. The molecule has 0 spiro atoms. The molecule has 0 bridgehead atoms. The van der Waals surface area contributed by atoms with Gasteiger partial charge in [0.25, 0.3) is 0 Å². The summed E-state index contributed by atoms with van der Waals surface area (Å²) in [4.78, 5) is 17.9. The average Bonchev–Trinajstić information content (AvgIpc) is 2.76. The molecule has 1 N–H and O–H groups in total. The molecule has 4 nitrogen and oxygen atoms in total. The van der Waals surface area contributed by atoms with Gasteiger partial charge in [0, 0.05) is 25.8 Å². The molecule has 1 heterocycles. The molecule has 5 heteroatoms. The Morgan fingerprint density at radius 2 is 1.95 bits per heavy atom. The summed E-state index contributed by atoms with van der Waals surface area (Å²) in [6.45, 7) is 6.33. The first kappa shape index (κ1) is 15.7. The highest BCUT2D eigenvalue weighted by Gasteiger charge is 2.13. The monoisotopic (exact) mass is 304 g/mol. The van der Waals surface area contributed by atoms with Crippen LogP contribution in [0.25, 0.3) is 0 Å². The Balaban J connectivity index is 2.52. The molecule has 0 aliphatic carbocycles. The van der Waals surface area contributed by atoms with Crippen molar-refractivity contribution in [3.05, 3.63) is 45.2 Å². The third-order valence-corrected chi connectivity index (χ3v) is 4.56. The van der Waals surface area contributed by atoms with Gasteiger partial charge in [0.1, 0.15) is 0 Å². The van der Waals surface area contributed by atoms with Crippen LogP contribution in [0.15, 0.2) is 29.3 Å². The normalized spacial score (nSPS) is 11.9. The van der Waals surface area contributed by atoms with Gasteiger partial charge in [0.05, 0.1) is 10.6 Å². The van der Waals surface area contributed by atoms with Gasteiger partial charge in [0.15, 0.2) is 10.6 Å². The number of carbonyl (C=O) groups excluding carboxylic acids is 1. The Morgan fingerprint density at radius 1 is 1.29 bits per heavy atom. The van der Waals surface area contributed by atoms with Gasteiger partial charge in [-0.05, 0) is 32.4 Å². The van der Waals surface area contributed by atoms with Crippen molar-refractivity contribution in [1.29, 1.82) is 0 Å². The van der Waals surface area contributed by atoms with E-state index in [-0.39, 0.29) is 12.4 Å². The lowest BCUT2D eigenvalue weighted by atomic mass is 10.2. The number of aliphatic hydroxyl groups excluding tert-OH is 1. The van der Waals surface area contributed by atoms with Crippen LogP contribution in [0.2, 0.25) is 0 Å². The summed E-state index contributed by atoms with van der Waals surface area (Å²) in [5.74, 6) is 0.0561. The van der Waals surface area contributed by atoms with E-state index in [4.69, 9.17) is 5.11 Å². The summed E-state index contributed by atoms with van der Waals surface area (Å²) >= 11 is 1.41. The fourth-order valence-electron chi connectivity index (χ4n) is 2.12. The van der Waals surface area contributed by atoms with Crippen molar-refractivity contribution in [3.8, 4) is 0 Å². The molecule has 0 amide bonds. The SMILES string of the molecule is CC(=O)c1sc(=Nc2ccc(C)cc2)n(CCCO)c1C. The molecule has 0 atom stereocenters. The number of nitrogens with zero attached hydrogens (tertiary/aromatic N) is 2. The van der Waals surface area contributed by atoms with Gasteiger partial charge in [-0.3, -0.25) is 4.79 Å². The number of carbonyl (C=O) groups is 1. The van der Waals surface area contributed by atoms with Gasteiger partial charge >= 0.3 is 0 Å². The number of hydrogen-bond donors (Lipinski definition) is 1. The van der Waals surface area contributed by atoms with Crippen molar-refractivity contribution in [3.63, 3.8) is 0 Å². The first-order valence-corrected chi connectivity index (χ1v) is 7.78. The minimum atomic E-state index is 0.0561. The molecular weight excluding hydrogens is 284 g/mol. The van der Waals surface area contributed by atoms with Gasteiger partial charge in [-0.1, -0.05) is 29.0 Å². The zero-order valence-corrected chi connectivity index (χ0v) is 13.4. The number of thiazole rings is 1. The predicted octanol–water partition coefficient (Wildman–Crippen LogP) is 2.98. The van der Waals surface area contributed by atoms with Gasteiger partial charge < -0.3 is 9.67 Å². The summed E-state index contributed by atoms with van der Waals surface area (Å²) in [6.07, 6.45) is 0.649. The van der Waals surface area contributed by atoms with E-state index in [1.54, 1.807) is 6.92 Å². The molecule has 2 aromatic rings. The van der Waals surface area contributed by atoms with Crippen LogP contribution in [-0.4, -0.2) is 22.1 Å². The molecule has 0 fully saturated rings. The molecule has 0 aliphatic heterocycles. The van der Waals surface area contributed by atoms with E-state index < -0.39 is 0 Å². The zero-order chi connectivity index (χ0) is 15.4. The molecule has 0 saturated heterocycles. The Morgan fingerprint density at radius 3 is 2.52 bits per heavy atom. The minimum Gasteiger partial charge on any atom is -0.396 e. The number of benzene rings is 1. The van der Waals surface area contributed by atoms with Crippen molar-refractivity contribution < 1.29 is 9.90 Å². The third kappa shape index (κ3) is 3.68. The van der Waals surface area contributed by atoms with E-state index in [9.17, 15) is 4.79 Å². The standard InChI is InChI=1S/C16H20N2O2S/c1-11-5-7-14(8-6-11)17-16-18(9-4-10-19)12(2)15(21-16)13(3)20/h5-8,19H,4,9-10H2,1-3H3. The first-order valence-electron chi connectivity index (χ1n) is 6.96. The van der Waals surface area contributed by atoms with Crippen molar-refractivity contribution in [2.24, 2.45) is 4.99 Å². The van der Waals surface area contributed by atoms with E-state index >= 15 is 0 Å². The van der Waals surface area contributed by atoms with E-state index in [1.165, 1.54) is 16.9 Å². The van der Waals surface area contributed by atoms with Gasteiger partial charge in [-0.2, -0.15) is 0 Å². The summed E-state index contributed by atoms with van der Waals surface area (Å²) < 4.78 is 2.01. The lowest BCUT2D eigenvalue weighted by molar-refractivity contribution is 0.102. The van der Waals surface area contributed by atoms with E-state index in [2.05, 4.69) is 4.99 Å². The number of Topliss-reactive ketones (excluding diaryl/α,β-unsaturated/α-hetero) is 1. The van der Waals surface area contributed by atoms with Crippen molar-refractivity contribution in [1.82, 2.24) is 4.57 Å². The second-order valence-corrected chi connectivity index (χ2v) is 6.01. The number of aliphatic hydroxyl groups is 1. The van der Waals surface area contributed by atoms with Gasteiger partial charge in [0.2, 0.25) is 0 Å². The van der Waals surface area contributed by atoms with Crippen molar-refractivity contribution >= 4 is 22.8 Å². The van der Waals surface area contributed by atoms with E-state index in [0.717, 1.165) is 21.1 Å². The topological polar surface area (TPSA) is 54.6 Å². The van der Waals surface area contributed by atoms with Crippen LogP contribution in [0.3, 0.4) is 0 Å². The Bertz CT molecular complexity index is 696. The highest BCUT2D eigenvalue weighted by atomic mass is 32.1. The fourth-order valence-corrected chi connectivity index (χ4v) is 3.19. The van der Waals surface area contributed by atoms with Crippen LogP contribution in [0.5, 0.6) is 0 Å². The number of aromatic nitrogens is 1. The number of aryl methyl sites for hydroxylation is 1. The highest BCUT2D eigenvalue weighted by molar-refractivity contribution is 7.11. The minimum absolute atomic E-state index is 0.0561. The Labute approximate surface area is 128 Å². The highest BCUT2D eigenvalue weighted by Crippen LogP contribution is 2.16. The Hall–Kier alpha value is -1.72. The second-order valence-electron chi connectivity index (χ2n) is 5.03. The van der Waals surface area contributed by atoms with Crippen LogP contribution >= 0.6 is 11.3 Å². The molecule has 1 aromatic heterocycles.